The van der Waals surface area contributed by atoms with Crippen molar-refractivity contribution in [1.82, 2.24) is 3.11 Å². The predicted molar refractivity (Wildman–Crippen MR) is 82.4 cm³/mol. The second-order valence-electron chi connectivity index (χ2n) is 4.27. The fraction of sp³-hybridized carbons (Fsp3) is 0.714. The molecule has 12 nitrogen and oxygen atoms in total. The summed E-state index contributed by atoms with van der Waals surface area (Å²) in [5.74, 6) is -0.147. The molecule has 0 saturated carbocycles. The molecule has 26 heteroatoms. The summed E-state index contributed by atoms with van der Waals surface area (Å²) in [4.78, 5) is 21.0. The summed E-state index contributed by atoms with van der Waals surface area (Å²) in [7, 11) is -18.3. The molecule has 0 radical (unpaired) electrons. The molecule has 0 bridgehead atoms. The van der Waals surface area contributed by atoms with Gasteiger partial charge in [0, 0.05) is 12.8 Å². The monoisotopic (exact) mass is 717 g/mol. The fourth-order valence-electron chi connectivity index (χ4n) is 0.549. The van der Waals surface area contributed by atoms with Gasteiger partial charge in [0.15, 0.2) is 30.4 Å². The average Bonchev–Trinajstić information content (AvgIpc) is 2.74. The van der Waals surface area contributed by atoms with Crippen LogP contribution in [0.4, 0.5) is 39.5 Å². The first kappa shape index (κ1) is 40.0. The van der Waals surface area contributed by atoms with E-state index in [9.17, 15) is 49.1 Å². The van der Waals surface area contributed by atoms with Crippen LogP contribution in [0.5, 0.6) is 0 Å². The van der Waals surface area contributed by atoms with Crippen molar-refractivity contribution in [2.75, 3.05) is 0 Å². The molecule has 2 amide bonds. The molecule has 1 aliphatic heterocycles. The zero-order valence-corrected chi connectivity index (χ0v) is 20.8. The minimum atomic E-state index is -6.09. The normalized spacial score (nSPS) is 15.1. The molecule has 0 aromatic rings. The van der Waals surface area contributed by atoms with E-state index in [2.05, 4.69) is 0 Å². The van der Waals surface area contributed by atoms with E-state index in [1.807, 2.05) is 0 Å². The Morgan fingerprint density at radius 1 is 0.606 bits per heavy atom. The van der Waals surface area contributed by atoms with Crippen LogP contribution < -0.4 is 0 Å². The number of rotatable bonds is 0. The van der Waals surface area contributed by atoms with Crippen LogP contribution in [-0.4, -0.2) is 70.4 Å². The van der Waals surface area contributed by atoms with Crippen LogP contribution in [-0.2, 0) is 65.8 Å². The number of hydrogen-bond acceptors (Lipinski definition) is 11. The number of hydrogen-bond donors (Lipinski definition) is 0. The van der Waals surface area contributed by atoms with Crippen molar-refractivity contribution in [2.45, 2.75) is 29.4 Å². The van der Waals surface area contributed by atoms with Crippen LogP contribution in [0.15, 0.2) is 0 Å². The molecule has 0 spiro atoms. The number of carbonyl (C=O) groups excluding carboxylic acids is 2. The van der Waals surface area contributed by atoms with Gasteiger partial charge < -0.3 is 13.7 Å². The minimum Gasteiger partial charge on any atom is -0.741 e. The molecular weight excluding hydrogens is 713 g/mol. The van der Waals surface area contributed by atoms with E-state index in [1.54, 1.807) is 22.9 Å². The van der Waals surface area contributed by atoms with Crippen LogP contribution in [0.25, 0.3) is 0 Å². The molecule has 1 aliphatic rings. The third-order valence-corrected chi connectivity index (χ3v) is 4.62. The summed E-state index contributed by atoms with van der Waals surface area (Å²) < 4.78 is 178. The molecule has 194 valence electrons. The van der Waals surface area contributed by atoms with Gasteiger partial charge in [-0.2, -0.15) is 39.5 Å². The molecule has 1 saturated heterocycles. The van der Waals surface area contributed by atoms with Crippen molar-refractivity contribution >= 4 is 65.0 Å². The van der Waals surface area contributed by atoms with E-state index in [-0.39, 0.29) is 37.7 Å². The van der Waals surface area contributed by atoms with Crippen molar-refractivity contribution in [3.05, 3.63) is 0 Å². The van der Waals surface area contributed by atoms with Gasteiger partial charge >= 0.3 is 42.4 Å². The van der Waals surface area contributed by atoms with Crippen molar-refractivity contribution in [3.8, 4) is 0 Å². The molecule has 0 aliphatic carbocycles. The molecule has 0 aromatic heterocycles. The van der Waals surface area contributed by atoms with E-state index in [1.165, 1.54) is 0 Å². The maximum atomic E-state index is 10.7. The largest absolute Gasteiger partial charge is 3.00 e. The molecule has 0 atom stereocenters. The quantitative estimate of drug-likeness (QED) is 0.0848. The van der Waals surface area contributed by atoms with Crippen LogP contribution in [0.3, 0.4) is 0 Å². The second-order valence-corrected chi connectivity index (χ2v) is 9.35. The first-order chi connectivity index (χ1) is 13.5. The summed E-state index contributed by atoms with van der Waals surface area (Å²) in [6.45, 7) is 0. The molecule has 0 N–H and O–H groups in total. The summed E-state index contributed by atoms with van der Waals surface area (Å²) in [6.07, 6.45) is 0.781. The Morgan fingerprint density at radius 3 is 0.758 bits per heavy atom. The van der Waals surface area contributed by atoms with Gasteiger partial charge in [0.2, 0.25) is 11.8 Å². The summed E-state index contributed by atoms with van der Waals surface area (Å²) in [6, 6.07) is 0. The molecule has 1 rings (SSSR count). The Morgan fingerprint density at radius 2 is 0.727 bits per heavy atom. The van der Waals surface area contributed by atoms with Gasteiger partial charge in [0.25, 0.3) is 0 Å². The van der Waals surface area contributed by atoms with E-state index in [4.69, 9.17) is 38.9 Å². The second kappa shape index (κ2) is 13.8. The van der Waals surface area contributed by atoms with Gasteiger partial charge in [-0.05, 0) is 0 Å². The minimum absolute atomic E-state index is 0. The van der Waals surface area contributed by atoms with Gasteiger partial charge in [-0.15, -0.1) is 0 Å². The molecule has 1 fully saturated rings. The standard InChI is InChI=1S/C4H4INO2.3CHF3O3S.Sc/c5-6-3(7)1-2-4(6)8;3*2-1(3,4)8(5,6)7;/h1-2H2;3*(H,5,6,7);/q;;;;+3/p-3. The zero-order chi connectivity index (χ0) is 27.1. The Labute approximate surface area is 210 Å². The Bertz CT molecular complexity index is 857. The number of imide groups is 1. The molecular formula is C7H4F9INO11S3Sc. The number of nitrogens with zero attached hydrogens (tertiary/aromatic N) is 1. The van der Waals surface area contributed by atoms with Gasteiger partial charge in [-0.1, -0.05) is 0 Å². The van der Waals surface area contributed by atoms with E-state index >= 15 is 0 Å². The topological polar surface area (TPSA) is 209 Å². The summed E-state index contributed by atoms with van der Waals surface area (Å²) >= 11 is 1.72. The first-order valence-electron chi connectivity index (χ1n) is 6.04. The van der Waals surface area contributed by atoms with Crippen molar-refractivity contribution in [1.29, 1.82) is 0 Å². The molecule has 0 unspecified atom stereocenters. The van der Waals surface area contributed by atoms with Crippen molar-refractivity contribution < 1.29 is 114 Å². The first-order valence-corrected chi connectivity index (χ1v) is 11.2. The van der Waals surface area contributed by atoms with Gasteiger partial charge in [0.1, 0.15) is 0 Å². The third kappa shape index (κ3) is 17.9. The Balaban J connectivity index is -0.000000168. The Hall–Kier alpha value is -0.160. The number of halogens is 10. The third-order valence-electron chi connectivity index (χ3n) is 1.84. The maximum absolute atomic E-state index is 10.7. The van der Waals surface area contributed by atoms with Gasteiger partial charge in [-0.25, -0.2) is 28.4 Å². The van der Waals surface area contributed by atoms with Crippen LogP contribution in [0.2, 0.25) is 0 Å². The smallest absolute Gasteiger partial charge is 0.741 e. The molecule has 0 aromatic carbocycles. The Kier molecular flexibility index (Phi) is 16.7. The van der Waals surface area contributed by atoms with E-state index < -0.39 is 46.9 Å². The average molecular weight is 717 g/mol. The number of alkyl halides is 9. The summed E-state index contributed by atoms with van der Waals surface area (Å²) in [5, 5.41) is 0. The number of carbonyl (C=O) groups is 2. The van der Waals surface area contributed by atoms with Crippen molar-refractivity contribution in [3.63, 3.8) is 0 Å². The summed E-state index contributed by atoms with van der Waals surface area (Å²) in [5.41, 5.74) is -16.9. The molecule has 1 heterocycles. The van der Waals surface area contributed by atoms with Crippen LogP contribution >= 0.6 is 22.9 Å². The van der Waals surface area contributed by atoms with E-state index in [0.717, 1.165) is 3.11 Å². The van der Waals surface area contributed by atoms with Crippen LogP contribution in [0.1, 0.15) is 12.8 Å². The van der Waals surface area contributed by atoms with Crippen molar-refractivity contribution in [2.24, 2.45) is 0 Å². The fourth-order valence-corrected chi connectivity index (χ4v) is 1.03. The molecule has 33 heavy (non-hydrogen) atoms. The van der Waals surface area contributed by atoms with Gasteiger partial charge in [0.05, 0.1) is 22.9 Å². The number of amides is 2. The van der Waals surface area contributed by atoms with Gasteiger partial charge in [-0.3, -0.25) is 9.59 Å². The predicted octanol–water partition coefficient (Wildman–Crippen LogP) is 0.637. The van der Waals surface area contributed by atoms with E-state index in [0.29, 0.717) is 12.8 Å². The SMILES string of the molecule is O=C1CCC(=O)N1I.O=S(=O)([O-])C(F)(F)F.O=S(=O)([O-])C(F)(F)F.O=S(=O)([O-])C(F)(F)F.[Sc+3]. The van der Waals surface area contributed by atoms with Crippen LogP contribution in [0, 0.1) is 0 Å². The maximum Gasteiger partial charge on any atom is 3.00 e. The zero-order valence-electron chi connectivity index (χ0n) is 14.4.